The molecular weight excluding hydrogens is 332 g/mol. The van der Waals surface area contributed by atoms with Crippen molar-refractivity contribution in [1.29, 1.82) is 0 Å². The van der Waals surface area contributed by atoms with Crippen molar-refractivity contribution in [3.63, 3.8) is 0 Å². The number of aromatic nitrogens is 2. The summed E-state index contributed by atoms with van der Waals surface area (Å²) in [6.07, 6.45) is 3.00. The minimum atomic E-state index is -0.531. The van der Waals surface area contributed by atoms with Crippen LogP contribution in [0, 0.1) is 0 Å². The van der Waals surface area contributed by atoms with E-state index in [0.717, 1.165) is 5.69 Å². The fourth-order valence-corrected chi connectivity index (χ4v) is 2.68. The standard InChI is InChI=1S/C19H16N4O3/c1-12-18(24)22-16-11-14(5-8-17(16)26-12)21-19(25)13-3-6-15(7-4-13)23-10-2-9-20-23/h2-12H,1H3,(H,21,25)(H,22,24)/t12-/m1/s1. The van der Waals surface area contributed by atoms with Crippen LogP contribution in [0.2, 0.25) is 0 Å². The van der Waals surface area contributed by atoms with Crippen molar-refractivity contribution in [2.75, 3.05) is 10.6 Å². The third kappa shape index (κ3) is 3.02. The molecule has 1 aromatic heterocycles. The van der Waals surface area contributed by atoms with Crippen LogP contribution >= 0.6 is 0 Å². The number of carbonyl (C=O) groups is 2. The normalized spacial score (nSPS) is 15.6. The maximum absolute atomic E-state index is 12.4. The molecule has 0 aliphatic carbocycles. The molecule has 2 amide bonds. The Hall–Kier alpha value is -3.61. The van der Waals surface area contributed by atoms with Crippen LogP contribution in [-0.2, 0) is 4.79 Å². The minimum Gasteiger partial charge on any atom is -0.479 e. The van der Waals surface area contributed by atoms with Crippen LogP contribution in [0.5, 0.6) is 5.75 Å². The molecule has 2 N–H and O–H groups in total. The zero-order valence-electron chi connectivity index (χ0n) is 14.0. The largest absolute Gasteiger partial charge is 0.479 e. The summed E-state index contributed by atoms with van der Waals surface area (Å²) in [7, 11) is 0. The van der Waals surface area contributed by atoms with Gasteiger partial charge in [-0.25, -0.2) is 4.68 Å². The third-order valence-electron chi connectivity index (χ3n) is 4.07. The summed E-state index contributed by atoms with van der Waals surface area (Å²) < 4.78 is 7.22. The van der Waals surface area contributed by atoms with Crippen molar-refractivity contribution < 1.29 is 14.3 Å². The number of amides is 2. The van der Waals surface area contributed by atoms with Crippen molar-refractivity contribution in [3.8, 4) is 11.4 Å². The first kappa shape index (κ1) is 15.9. The Kier molecular flexibility index (Phi) is 3.89. The number of hydrogen-bond donors (Lipinski definition) is 2. The number of nitrogens with one attached hydrogen (secondary N) is 2. The van der Waals surface area contributed by atoms with Gasteiger partial charge in [-0.1, -0.05) is 0 Å². The highest BCUT2D eigenvalue weighted by Crippen LogP contribution is 2.32. The van der Waals surface area contributed by atoms with Gasteiger partial charge in [0.25, 0.3) is 11.8 Å². The Balaban J connectivity index is 1.50. The lowest BCUT2D eigenvalue weighted by Crippen LogP contribution is -2.34. The number of ether oxygens (including phenoxy) is 1. The molecule has 130 valence electrons. The van der Waals surface area contributed by atoms with E-state index in [1.807, 2.05) is 24.4 Å². The topological polar surface area (TPSA) is 85.2 Å². The first-order chi connectivity index (χ1) is 12.6. The van der Waals surface area contributed by atoms with Gasteiger partial charge in [-0.3, -0.25) is 9.59 Å². The molecule has 0 unspecified atom stereocenters. The lowest BCUT2D eigenvalue weighted by Gasteiger charge is -2.23. The van der Waals surface area contributed by atoms with Gasteiger partial charge in [-0.15, -0.1) is 0 Å². The second-order valence-electron chi connectivity index (χ2n) is 5.91. The molecule has 4 rings (SSSR count). The van der Waals surface area contributed by atoms with Gasteiger partial charge in [0, 0.05) is 23.6 Å². The van der Waals surface area contributed by atoms with Gasteiger partial charge in [0.15, 0.2) is 6.10 Å². The molecule has 0 radical (unpaired) electrons. The van der Waals surface area contributed by atoms with Gasteiger partial charge in [0.05, 0.1) is 11.4 Å². The molecule has 26 heavy (non-hydrogen) atoms. The molecule has 7 heteroatoms. The third-order valence-corrected chi connectivity index (χ3v) is 4.07. The van der Waals surface area contributed by atoms with E-state index in [9.17, 15) is 9.59 Å². The second kappa shape index (κ2) is 6.36. The fraction of sp³-hybridized carbons (Fsp3) is 0.105. The van der Waals surface area contributed by atoms with Gasteiger partial charge in [0.2, 0.25) is 0 Å². The van der Waals surface area contributed by atoms with E-state index in [-0.39, 0.29) is 11.8 Å². The van der Waals surface area contributed by atoms with E-state index < -0.39 is 6.10 Å². The van der Waals surface area contributed by atoms with E-state index in [1.165, 1.54) is 0 Å². The Labute approximate surface area is 149 Å². The summed E-state index contributed by atoms with van der Waals surface area (Å²) in [4.78, 5) is 24.2. The fourth-order valence-electron chi connectivity index (χ4n) is 2.68. The highest BCUT2D eigenvalue weighted by molar-refractivity contribution is 6.05. The molecule has 2 heterocycles. The van der Waals surface area contributed by atoms with Gasteiger partial charge in [-0.2, -0.15) is 5.10 Å². The maximum Gasteiger partial charge on any atom is 0.265 e. The van der Waals surface area contributed by atoms with E-state index in [4.69, 9.17) is 4.74 Å². The van der Waals surface area contributed by atoms with Crippen LogP contribution in [0.4, 0.5) is 11.4 Å². The number of benzene rings is 2. The highest BCUT2D eigenvalue weighted by atomic mass is 16.5. The van der Waals surface area contributed by atoms with Crippen molar-refractivity contribution in [2.24, 2.45) is 0 Å². The number of anilines is 2. The zero-order chi connectivity index (χ0) is 18.1. The lowest BCUT2D eigenvalue weighted by atomic mass is 10.1. The van der Waals surface area contributed by atoms with E-state index in [0.29, 0.717) is 22.7 Å². The predicted octanol–water partition coefficient (Wildman–Crippen LogP) is 2.84. The SMILES string of the molecule is C[C@H]1Oc2ccc(NC(=O)c3ccc(-n4cccn4)cc3)cc2NC1=O. The van der Waals surface area contributed by atoms with Crippen LogP contribution in [0.3, 0.4) is 0 Å². The lowest BCUT2D eigenvalue weighted by molar-refractivity contribution is -0.122. The van der Waals surface area contributed by atoms with Gasteiger partial charge in [-0.05, 0) is 55.5 Å². The van der Waals surface area contributed by atoms with Gasteiger partial charge < -0.3 is 15.4 Å². The first-order valence-corrected chi connectivity index (χ1v) is 8.13. The molecule has 0 spiro atoms. The summed E-state index contributed by atoms with van der Waals surface area (Å²) in [5.41, 5.74) is 2.50. The van der Waals surface area contributed by atoms with Gasteiger partial charge >= 0.3 is 0 Å². The van der Waals surface area contributed by atoms with E-state index in [1.54, 1.807) is 48.1 Å². The number of carbonyl (C=O) groups excluding carboxylic acids is 2. The van der Waals surface area contributed by atoms with Crippen LogP contribution in [0.1, 0.15) is 17.3 Å². The summed E-state index contributed by atoms with van der Waals surface area (Å²) in [5, 5.41) is 9.73. The van der Waals surface area contributed by atoms with E-state index >= 15 is 0 Å². The van der Waals surface area contributed by atoms with Crippen molar-refractivity contribution in [2.45, 2.75) is 13.0 Å². The number of nitrogens with zero attached hydrogens (tertiary/aromatic N) is 2. The molecule has 2 aromatic carbocycles. The van der Waals surface area contributed by atoms with Crippen molar-refractivity contribution in [3.05, 3.63) is 66.5 Å². The molecule has 1 aliphatic rings. The van der Waals surface area contributed by atoms with Crippen molar-refractivity contribution >= 4 is 23.2 Å². The quantitative estimate of drug-likeness (QED) is 0.762. The first-order valence-electron chi connectivity index (χ1n) is 8.13. The average molecular weight is 348 g/mol. The number of hydrogen-bond acceptors (Lipinski definition) is 4. The summed E-state index contributed by atoms with van der Waals surface area (Å²) in [6.45, 7) is 1.68. The minimum absolute atomic E-state index is 0.213. The molecule has 0 saturated carbocycles. The van der Waals surface area contributed by atoms with E-state index in [2.05, 4.69) is 15.7 Å². The summed E-state index contributed by atoms with van der Waals surface area (Å²) in [6, 6.07) is 14.1. The summed E-state index contributed by atoms with van der Waals surface area (Å²) in [5.74, 6) is 0.127. The Morgan fingerprint density at radius 1 is 1.23 bits per heavy atom. The molecule has 0 bridgehead atoms. The molecule has 3 aromatic rings. The molecule has 1 atom stereocenters. The van der Waals surface area contributed by atoms with Crippen LogP contribution in [0.15, 0.2) is 60.9 Å². The predicted molar refractivity (Wildman–Crippen MR) is 96.7 cm³/mol. The molecule has 0 saturated heterocycles. The number of fused-ring (bicyclic) bond motifs is 1. The molecular formula is C19H16N4O3. The summed E-state index contributed by atoms with van der Waals surface area (Å²) >= 11 is 0. The maximum atomic E-state index is 12.4. The highest BCUT2D eigenvalue weighted by Gasteiger charge is 2.23. The van der Waals surface area contributed by atoms with Crippen LogP contribution in [0.25, 0.3) is 5.69 Å². The van der Waals surface area contributed by atoms with Crippen LogP contribution in [-0.4, -0.2) is 27.7 Å². The Morgan fingerprint density at radius 3 is 2.77 bits per heavy atom. The Bertz CT molecular complexity index is 965. The molecule has 7 nitrogen and oxygen atoms in total. The average Bonchev–Trinajstić information content (AvgIpc) is 3.18. The Morgan fingerprint density at radius 2 is 2.04 bits per heavy atom. The number of rotatable bonds is 3. The zero-order valence-corrected chi connectivity index (χ0v) is 14.0. The second-order valence-corrected chi connectivity index (χ2v) is 5.91. The monoisotopic (exact) mass is 348 g/mol. The smallest absolute Gasteiger partial charge is 0.265 e. The molecule has 1 aliphatic heterocycles. The van der Waals surface area contributed by atoms with Crippen LogP contribution < -0.4 is 15.4 Å². The molecule has 0 fully saturated rings. The van der Waals surface area contributed by atoms with Crippen molar-refractivity contribution in [1.82, 2.24) is 9.78 Å². The van der Waals surface area contributed by atoms with Gasteiger partial charge in [0.1, 0.15) is 5.75 Å².